The summed E-state index contributed by atoms with van der Waals surface area (Å²) in [4.78, 5) is 14.2. The number of nitrogens with zero attached hydrogens (tertiary/aromatic N) is 2. The maximum Gasteiger partial charge on any atom is 0.335 e. The smallest absolute Gasteiger partial charge is 0.335 e. The Morgan fingerprint density at radius 3 is 2.47 bits per heavy atom. The van der Waals surface area contributed by atoms with Crippen LogP contribution in [-0.2, 0) is 10.0 Å². The molecule has 6 rings (SSSR count). The normalized spacial score (nSPS) is 12.8. The predicted molar refractivity (Wildman–Crippen MR) is 168 cm³/mol. The zero-order valence-corrected chi connectivity index (χ0v) is 24.5. The summed E-state index contributed by atoms with van der Waals surface area (Å²) in [6.45, 7) is 9.13. The molecule has 0 saturated heterocycles. The topological polar surface area (TPSA) is 80.7 Å². The Morgan fingerprint density at radius 2 is 1.77 bits per heavy atom. The van der Waals surface area contributed by atoms with Crippen LogP contribution in [0.15, 0.2) is 101 Å². The lowest BCUT2D eigenvalue weighted by Crippen LogP contribution is -2.14. The Balaban J connectivity index is 1.77. The van der Waals surface area contributed by atoms with Crippen LogP contribution in [-0.4, -0.2) is 23.5 Å². The highest BCUT2D eigenvalue weighted by Gasteiger charge is 2.30. The van der Waals surface area contributed by atoms with Gasteiger partial charge in [-0.3, -0.25) is 0 Å². The Bertz CT molecular complexity index is 2440. The van der Waals surface area contributed by atoms with Crippen LogP contribution < -0.4 is 0 Å². The van der Waals surface area contributed by atoms with Crippen molar-refractivity contribution in [3.8, 4) is 33.5 Å². The van der Waals surface area contributed by atoms with Gasteiger partial charge in [0, 0.05) is 32.7 Å². The molecule has 2 aromatic heterocycles. The third kappa shape index (κ3) is 4.89. The van der Waals surface area contributed by atoms with Gasteiger partial charge in [0.25, 0.3) is 10.0 Å². The number of carboxylic acid groups (broad SMARTS) is 1. The molecule has 0 aliphatic carbocycles. The molecule has 0 radical (unpaired) electrons. The second-order valence-corrected chi connectivity index (χ2v) is 12.5. The minimum Gasteiger partial charge on any atom is -0.478 e. The summed E-state index contributed by atoms with van der Waals surface area (Å²) in [5, 5.41) is 11.5. The molecule has 0 amide bonds. The average Bonchev–Trinajstić information content (AvgIpc) is 3.65. The van der Waals surface area contributed by atoms with Crippen molar-refractivity contribution in [2.75, 3.05) is 0 Å². The number of thiophene rings is 1. The third-order valence-corrected chi connectivity index (χ3v) is 9.49. The zero-order valence-electron chi connectivity index (χ0n) is 26.1. The van der Waals surface area contributed by atoms with E-state index in [1.54, 1.807) is 35.7 Å². The summed E-state index contributed by atoms with van der Waals surface area (Å²) in [7, 11) is -4.96. The minimum absolute atomic E-state index is 0.0218. The number of carbonyl (C=O) groups is 1. The number of benzene rings is 4. The maximum atomic E-state index is 14.9. The summed E-state index contributed by atoms with van der Waals surface area (Å²) in [5.74, 6) is -1.85. The summed E-state index contributed by atoms with van der Waals surface area (Å²) >= 11 is 7.59. The quantitative estimate of drug-likeness (QED) is 0.186. The maximum absolute atomic E-state index is 14.9. The molecule has 43 heavy (non-hydrogen) atoms. The number of hydrogen-bond donors (Lipinski definition) is 1. The molecule has 6 aromatic rings. The van der Waals surface area contributed by atoms with E-state index in [1.807, 2.05) is 0 Å². The first kappa shape index (κ1) is 23.8. The molecule has 0 atom stereocenters. The number of fused-ring (bicyclic) bond motifs is 1. The van der Waals surface area contributed by atoms with Crippen molar-refractivity contribution in [3.05, 3.63) is 130 Å². The lowest BCUT2D eigenvalue weighted by Gasteiger charge is -2.15. The van der Waals surface area contributed by atoms with Crippen LogP contribution in [0, 0.1) is 19.3 Å². The van der Waals surface area contributed by atoms with E-state index in [9.17, 15) is 22.7 Å². The van der Waals surface area contributed by atoms with Gasteiger partial charge in [0.1, 0.15) is 5.82 Å². The molecule has 0 aliphatic heterocycles. The van der Waals surface area contributed by atoms with Crippen LogP contribution in [0.3, 0.4) is 0 Å². The zero-order chi connectivity index (χ0) is 33.9. The molecular weight excluding hydrogens is 607 g/mol. The van der Waals surface area contributed by atoms with Gasteiger partial charge in [0.15, 0.2) is 0 Å². The Kier molecular flexibility index (Phi) is 5.98. The first-order valence-electron chi connectivity index (χ1n) is 14.5. The fraction of sp³-hybridized carbons (Fsp3) is 0.0303. The van der Waals surface area contributed by atoms with E-state index in [-0.39, 0.29) is 48.9 Å². The predicted octanol–water partition coefficient (Wildman–Crippen LogP) is 9.29. The standard InChI is InChI=1S/C33H20ClFN2O4S2/c1-19-6-10-24(11-7-19)43(40,41)37-29-13-9-23(35)18-27(29)30(26-14-15-42-32(26)36-2)31(37)21-5-3-4-20(16-21)25-12-8-22(33(38)39)17-28(25)34/h3-18H,1H3,(H,38,39)/i6D,7D,10D,11D. The first-order chi connectivity index (χ1) is 22.3. The highest BCUT2D eigenvalue weighted by atomic mass is 35.5. The van der Waals surface area contributed by atoms with Gasteiger partial charge in [-0.2, -0.15) is 11.3 Å². The summed E-state index contributed by atoms with van der Waals surface area (Å²) in [5.41, 5.74) is 1.59. The highest BCUT2D eigenvalue weighted by molar-refractivity contribution is 7.90. The van der Waals surface area contributed by atoms with Crippen molar-refractivity contribution < 1.29 is 28.2 Å². The fourth-order valence-corrected chi connectivity index (χ4v) is 7.27. The molecule has 0 spiro atoms. The van der Waals surface area contributed by atoms with E-state index in [2.05, 4.69) is 4.85 Å². The van der Waals surface area contributed by atoms with Crippen LogP contribution >= 0.6 is 22.9 Å². The van der Waals surface area contributed by atoms with Gasteiger partial charge in [-0.05, 0) is 66.4 Å². The van der Waals surface area contributed by atoms with E-state index >= 15 is 0 Å². The van der Waals surface area contributed by atoms with Crippen molar-refractivity contribution >= 4 is 54.8 Å². The number of rotatable bonds is 6. The average molecular weight is 631 g/mol. The Morgan fingerprint density at radius 1 is 1.02 bits per heavy atom. The van der Waals surface area contributed by atoms with E-state index in [1.165, 1.54) is 31.2 Å². The van der Waals surface area contributed by atoms with Gasteiger partial charge in [-0.25, -0.2) is 26.4 Å². The van der Waals surface area contributed by atoms with Gasteiger partial charge in [-0.15, -0.1) is 0 Å². The number of hydrogen-bond acceptors (Lipinski definition) is 4. The van der Waals surface area contributed by atoms with Crippen LogP contribution in [0.4, 0.5) is 9.39 Å². The van der Waals surface area contributed by atoms with Crippen molar-refractivity contribution in [1.82, 2.24) is 3.97 Å². The van der Waals surface area contributed by atoms with Crippen molar-refractivity contribution in [3.63, 3.8) is 0 Å². The van der Waals surface area contributed by atoms with Crippen molar-refractivity contribution in [2.24, 2.45) is 0 Å². The molecule has 0 aliphatic rings. The SMILES string of the molecule is [2H]c1c([2H])c(S(=O)(=O)n2c(-c3cccc(-c4ccc(C(=O)O)cc4Cl)c3)c(-c3ccsc3[N+]#[C-])c3cc(F)ccc32)c([2H])c([2H])c1C. The van der Waals surface area contributed by atoms with Crippen LogP contribution in [0.25, 0.3) is 49.3 Å². The number of aromatic nitrogens is 1. The van der Waals surface area contributed by atoms with Crippen LogP contribution in [0.5, 0.6) is 0 Å². The van der Waals surface area contributed by atoms with Gasteiger partial charge < -0.3 is 5.11 Å². The molecule has 0 saturated carbocycles. The molecule has 0 unspecified atom stereocenters. The van der Waals surface area contributed by atoms with E-state index < -0.39 is 50.9 Å². The molecule has 0 bridgehead atoms. The van der Waals surface area contributed by atoms with Gasteiger partial charge in [0.05, 0.1) is 33.7 Å². The van der Waals surface area contributed by atoms with Crippen molar-refractivity contribution in [1.29, 1.82) is 0 Å². The molecule has 1 N–H and O–H groups in total. The summed E-state index contributed by atoms with van der Waals surface area (Å²) in [6.07, 6.45) is 0. The first-order valence-corrected chi connectivity index (χ1v) is 15.2. The van der Waals surface area contributed by atoms with Crippen LogP contribution in [0.1, 0.15) is 21.4 Å². The van der Waals surface area contributed by atoms with Gasteiger partial charge >= 0.3 is 5.97 Å². The molecule has 212 valence electrons. The number of halogens is 2. The second-order valence-electron chi connectivity index (χ2n) is 9.44. The monoisotopic (exact) mass is 630 g/mol. The molecule has 6 nitrogen and oxygen atoms in total. The van der Waals surface area contributed by atoms with E-state index in [0.29, 0.717) is 16.7 Å². The molecule has 4 aromatic carbocycles. The summed E-state index contributed by atoms with van der Waals surface area (Å²) < 4.78 is 79.2. The Labute approximate surface area is 261 Å². The minimum atomic E-state index is -4.96. The lowest BCUT2D eigenvalue weighted by molar-refractivity contribution is 0.0697. The van der Waals surface area contributed by atoms with Crippen LogP contribution in [0.2, 0.25) is 5.02 Å². The summed E-state index contributed by atoms with van der Waals surface area (Å²) in [6, 6.07) is 13.2. The van der Waals surface area contributed by atoms with Crippen molar-refractivity contribution in [2.45, 2.75) is 11.8 Å². The van der Waals surface area contributed by atoms with Gasteiger partial charge in [0.2, 0.25) is 5.00 Å². The Hall–Kier alpha value is -4.75. The second kappa shape index (κ2) is 10.8. The number of carboxylic acids is 1. The molecule has 2 heterocycles. The molecule has 0 fully saturated rings. The lowest BCUT2D eigenvalue weighted by atomic mass is 9.96. The largest absolute Gasteiger partial charge is 0.478 e. The van der Waals surface area contributed by atoms with E-state index in [4.69, 9.17) is 23.7 Å². The molecule has 10 heteroatoms. The third-order valence-electron chi connectivity index (χ3n) is 6.79. The highest BCUT2D eigenvalue weighted by Crippen LogP contribution is 2.48. The molecular formula is C33H20ClFN2O4S2. The van der Waals surface area contributed by atoms with Gasteiger partial charge in [-0.1, -0.05) is 59.6 Å². The fourth-order valence-electron chi connectivity index (χ4n) is 4.90. The number of aromatic carboxylic acids is 1. The van der Waals surface area contributed by atoms with E-state index in [0.717, 1.165) is 27.4 Å².